The third-order valence-corrected chi connectivity index (χ3v) is 12.0. The van der Waals surface area contributed by atoms with Crippen molar-refractivity contribution in [1.29, 1.82) is 0 Å². The average Bonchev–Trinajstić information content (AvgIpc) is 3.39. The molecule has 0 radical (unpaired) electrons. The quantitative estimate of drug-likeness (QED) is 0.0149. The van der Waals surface area contributed by atoms with E-state index in [-0.39, 0.29) is 19.4 Å². The van der Waals surface area contributed by atoms with E-state index in [0.29, 0.717) is 12.8 Å². The lowest BCUT2D eigenvalue weighted by molar-refractivity contribution is -0.305. The van der Waals surface area contributed by atoms with Crippen LogP contribution in [-0.4, -0.2) is 99.6 Å². The van der Waals surface area contributed by atoms with Crippen molar-refractivity contribution >= 4 is 11.9 Å². The van der Waals surface area contributed by atoms with Gasteiger partial charge in [-0.2, -0.15) is 0 Å². The van der Waals surface area contributed by atoms with Crippen molar-refractivity contribution in [2.75, 3.05) is 13.2 Å². The van der Waals surface area contributed by atoms with E-state index in [1.54, 1.807) is 6.08 Å². The highest BCUT2D eigenvalue weighted by Gasteiger charge is 2.47. The summed E-state index contributed by atoms with van der Waals surface area (Å²) in [4.78, 5) is 26.4. The number of hydrogen-bond acceptors (Lipinski definition) is 10. The largest absolute Gasteiger partial charge is 0.454 e. The standard InChI is InChI=1S/C62H97NO10/c1-4-7-10-13-16-19-22-25-27-29-31-34-37-40-43-46-49-55(66)61(70)63-53(54(65)48-45-42-39-36-33-30-24-21-18-15-12-9-6-3)52-71-62-60(59(69)58(68)56(51-64)72-62)73-57(67)50-47-44-41-38-35-32-28-26-23-20-17-14-11-8-5-2/h7-8,10-11,13-14,16-17,19-20,22-23,25-29,31-32,34-35,37,45,48,53-56,58-60,62,64-66,68-69H,4-6,9,12,15,18,21,24,30,33,36,38-44,46-47,49-52H2,1-3H3,(H,63,70)/b10-7-,11-8+,16-13+,17-14+,22-19+,23-20-,27-25-,28-26-,31-29+,35-32+,37-34+,48-45+. The van der Waals surface area contributed by atoms with Gasteiger partial charge in [0.25, 0.3) is 0 Å². The molecule has 8 unspecified atom stereocenters. The van der Waals surface area contributed by atoms with Crippen LogP contribution in [0.3, 0.4) is 0 Å². The van der Waals surface area contributed by atoms with Gasteiger partial charge in [-0.3, -0.25) is 9.59 Å². The minimum absolute atomic E-state index is 0.0588. The highest BCUT2D eigenvalue weighted by Crippen LogP contribution is 2.26. The zero-order valence-corrected chi connectivity index (χ0v) is 44.9. The van der Waals surface area contributed by atoms with Crippen LogP contribution in [0.25, 0.3) is 0 Å². The SMILES string of the molecule is CC\C=C/C=C/C=C/C=C\C=C\C=C\CCCCC(O)C(=O)NC(COC1OC(CO)C(O)C(O)C1OC(=O)CCCCC/C=C/C=C\C=C/C=C/C=C/CC)C(O)/C=C/CCCCCCCCCCCCC. The van der Waals surface area contributed by atoms with Crippen LogP contribution in [0.15, 0.2) is 146 Å². The van der Waals surface area contributed by atoms with Gasteiger partial charge in [0.2, 0.25) is 5.91 Å². The summed E-state index contributed by atoms with van der Waals surface area (Å²) >= 11 is 0. The number of hydrogen-bond donors (Lipinski definition) is 6. The molecule has 1 aliphatic heterocycles. The predicted octanol–water partition coefficient (Wildman–Crippen LogP) is 12.3. The molecule has 11 heteroatoms. The van der Waals surface area contributed by atoms with Crippen molar-refractivity contribution in [2.45, 2.75) is 217 Å². The second-order valence-corrected chi connectivity index (χ2v) is 18.5. The molecule has 1 aliphatic rings. The first-order valence-electron chi connectivity index (χ1n) is 27.8. The van der Waals surface area contributed by atoms with E-state index >= 15 is 0 Å². The lowest BCUT2D eigenvalue weighted by Gasteiger charge is -2.41. The fourth-order valence-corrected chi connectivity index (χ4v) is 7.64. The van der Waals surface area contributed by atoms with Crippen molar-refractivity contribution in [3.63, 3.8) is 0 Å². The first-order valence-corrected chi connectivity index (χ1v) is 27.8. The van der Waals surface area contributed by atoms with Crippen LogP contribution in [0.4, 0.5) is 0 Å². The normalized spacial score (nSPS) is 20.6. The maximum absolute atomic E-state index is 13.4. The zero-order chi connectivity index (χ0) is 53.3. The van der Waals surface area contributed by atoms with Crippen LogP contribution >= 0.6 is 0 Å². The topological polar surface area (TPSA) is 175 Å². The minimum atomic E-state index is -1.65. The number of allylic oxidation sites excluding steroid dienone is 23. The number of rotatable bonds is 43. The molecule has 1 fully saturated rings. The van der Waals surface area contributed by atoms with Crippen molar-refractivity contribution < 1.29 is 49.3 Å². The molecular weight excluding hydrogens is 919 g/mol. The maximum atomic E-state index is 13.4. The molecule has 8 atom stereocenters. The highest BCUT2D eigenvalue weighted by atomic mass is 16.7. The molecule has 1 amide bonds. The van der Waals surface area contributed by atoms with E-state index in [0.717, 1.165) is 70.6 Å². The Morgan fingerprint density at radius 3 is 1.48 bits per heavy atom. The van der Waals surface area contributed by atoms with Crippen LogP contribution in [-0.2, 0) is 23.8 Å². The Morgan fingerprint density at radius 1 is 0.548 bits per heavy atom. The van der Waals surface area contributed by atoms with Gasteiger partial charge < -0.3 is 45.1 Å². The van der Waals surface area contributed by atoms with Crippen molar-refractivity contribution in [1.82, 2.24) is 5.32 Å². The van der Waals surface area contributed by atoms with E-state index < -0.39 is 67.4 Å². The number of aliphatic hydroxyl groups excluding tert-OH is 5. The molecule has 6 N–H and O–H groups in total. The number of esters is 1. The van der Waals surface area contributed by atoms with Crippen LogP contribution < -0.4 is 5.32 Å². The van der Waals surface area contributed by atoms with Crippen molar-refractivity contribution in [2.24, 2.45) is 0 Å². The van der Waals surface area contributed by atoms with Crippen LogP contribution in [0.1, 0.15) is 168 Å². The average molecular weight is 1020 g/mol. The molecular formula is C62H97NO10. The van der Waals surface area contributed by atoms with Gasteiger partial charge in [0.1, 0.15) is 24.4 Å². The molecule has 73 heavy (non-hydrogen) atoms. The summed E-state index contributed by atoms with van der Waals surface area (Å²) in [6, 6.07) is -1.07. The summed E-state index contributed by atoms with van der Waals surface area (Å²) in [5.74, 6) is -1.30. The van der Waals surface area contributed by atoms with Crippen molar-refractivity contribution in [3.05, 3.63) is 146 Å². The number of amides is 1. The number of nitrogens with one attached hydrogen (secondary N) is 1. The molecule has 0 aliphatic carbocycles. The zero-order valence-electron chi connectivity index (χ0n) is 44.9. The van der Waals surface area contributed by atoms with Gasteiger partial charge in [0, 0.05) is 6.42 Å². The summed E-state index contributed by atoms with van der Waals surface area (Å²) in [5, 5.41) is 56.7. The molecule has 0 aromatic carbocycles. The fraction of sp³-hybridized carbons (Fsp3) is 0.581. The van der Waals surface area contributed by atoms with Crippen LogP contribution in [0.2, 0.25) is 0 Å². The summed E-state index contributed by atoms with van der Waals surface area (Å²) in [5.41, 5.74) is 0. The Hall–Kier alpha value is -4.46. The lowest BCUT2D eigenvalue weighted by Crippen LogP contribution is -2.61. The van der Waals surface area contributed by atoms with Gasteiger partial charge in [-0.05, 0) is 64.2 Å². The lowest BCUT2D eigenvalue weighted by atomic mass is 9.99. The van der Waals surface area contributed by atoms with Gasteiger partial charge >= 0.3 is 5.97 Å². The number of aliphatic hydroxyl groups is 5. The van der Waals surface area contributed by atoms with E-state index in [9.17, 15) is 35.1 Å². The molecule has 0 aromatic heterocycles. The van der Waals surface area contributed by atoms with E-state index in [2.05, 4.69) is 44.3 Å². The molecule has 1 saturated heterocycles. The third-order valence-electron chi connectivity index (χ3n) is 12.0. The Kier molecular flexibility index (Phi) is 44.2. The second kappa shape index (κ2) is 48.5. The third kappa shape index (κ3) is 37.0. The number of carbonyl (C=O) groups excluding carboxylic acids is 2. The summed E-state index contributed by atoms with van der Waals surface area (Å²) in [6.07, 6.45) is 58.8. The van der Waals surface area contributed by atoms with E-state index in [4.69, 9.17) is 14.2 Å². The summed E-state index contributed by atoms with van der Waals surface area (Å²) < 4.78 is 17.5. The molecule has 0 bridgehead atoms. The molecule has 1 heterocycles. The predicted molar refractivity (Wildman–Crippen MR) is 300 cm³/mol. The van der Waals surface area contributed by atoms with Gasteiger partial charge in [-0.1, -0.05) is 244 Å². The van der Waals surface area contributed by atoms with Gasteiger partial charge in [0.15, 0.2) is 12.4 Å². The fourth-order valence-electron chi connectivity index (χ4n) is 7.64. The monoisotopic (exact) mass is 1020 g/mol. The Labute approximate surface area is 441 Å². The first-order chi connectivity index (χ1) is 35.7. The molecule has 0 saturated carbocycles. The summed E-state index contributed by atoms with van der Waals surface area (Å²) in [7, 11) is 0. The van der Waals surface area contributed by atoms with Gasteiger partial charge in [0.05, 0.1) is 25.4 Å². The number of carbonyl (C=O) groups is 2. The first kappa shape index (κ1) is 66.6. The van der Waals surface area contributed by atoms with Crippen molar-refractivity contribution in [3.8, 4) is 0 Å². The molecule has 410 valence electrons. The molecule has 11 nitrogen and oxygen atoms in total. The van der Waals surface area contributed by atoms with Gasteiger partial charge in [-0.15, -0.1) is 0 Å². The molecule has 0 aromatic rings. The van der Waals surface area contributed by atoms with E-state index in [1.807, 2.05) is 122 Å². The number of ether oxygens (including phenoxy) is 3. The Morgan fingerprint density at radius 2 is 0.986 bits per heavy atom. The number of unbranched alkanes of at least 4 members (excludes halogenated alkanes) is 16. The molecule has 0 spiro atoms. The summed E-state index contributed by atoms with van der Waals surface area (Å²) in [6.45, 7) is 5.40. The smallest absolute Gasteiger partial charge is 0.306 e. The van der Waals surface area contributed by atoms with E-state index in [1.165, 1.54) is 51.4 Å². The Bertz CT molecular complexity index is 1730. The highest BCUT2D eigenvalue weighted by molar-refractivity contribution is 5.80. The maximum Gasteiger partial charge on any atom is 0.306 e. The van der Waals surface area contributed by atoms with Crippen LogP contribution in [0.5, 0.6) is 0 Å². The minimum Gasteiger partial charge on any atom is -0.454 e. The Balaban J connectivity index is 2.85. The molecule has 1 rings (SSSR count). The van der Waals surface area contributed by atoms with Crippen LogP contribution in [0, 0.1) is 0 Å². The second-order valence-electron chi connectivity index (χ2n) is 18.5. The van der Waals surface area contributed by atoms with Gasteiger partial charge in [-0.25, -0.2) is 0 Å².